The number of rotatable bonds is 4. The Morgan fingerprint density at radius 3 is 2.56 bits per heavy atom. The highest BCUT2D eigenvalue weighted by molar-refractivity contribution is 5.93. The molecule has 1 heterocycles. The number of carbonyl (C=O) groups is 1. The summed E-state index contributed by atoms with van der Waals surface area (Å²) in [5, 5.41) is 3.55. The van der Waals surface area contributed by atoms with Gasteiger partial charge in [-0.2, -0.15) is 0 Å². The van der Waals surface area contributed by atoms with Gasteiger partial charge in [-0.1, -0.05) is 39.3 Å². The quantitative estimate of drug-likeness (QED) is 0.889. The Morgan fingerprint density at radius 1 is 1.20 bits per heavy atom. The fourth-order valence-electron chi connectivity index (χ4n) is 3.78. The molecule has 3 rings (SSSR count). The lowest BCUT2D eigenvalue weighted by Crippen LogP contribution is -2.40. The van der Waals surface area contributed by atoms with Crippen LogP contribution in [-0.2, 0) is 0 Å². The van der Waals surface area contributed by atoms with Gasteiger partial charge in [-0.25, -0.2) is 0 Å². The second-order valence-electron chi connectivity index (χ2n) is 7.84. The van der Waals surface area contributed by atoms with Gasteiger partial charge in [0.05, 0.1) is 5.39 Å². The monoisotopic (exact) mass is 341 g/mol. The van der Waals surface area contributed by atoms with E-state index in [4.69, 9.17) is 4.42 Å². The van der Waals surface area contributed by atoms with Gasteiger partial charge in [-0.3, -0.25) is 9.59 Å². The maximum atomic E-state index is 12.5. The van der Waals surface area contributed by atoms with Gasteiger partial charge < -0.3 is 9.73 Å². The lowest BCUT2D eigenvalue weighted by Gasteiger charge is -2.39. The second kappa shape index (κ2) is 7.03. The lowest BCUT2D eigenvalue weighted by atomic mass is 9.69. The van der Waals surface area contributed by atoms with E-state index in [2.05, 4.69) is 26.1 Å². The second-order valence-corrected chi connectivity index (χ2v) is 7.84. The Bertz CT molecular complexity index is 813. The Labute approximate surface area is 148 Å². The predicted octanol–water partition coefficient (Wildman–Crippen LogP) is 4.52. The van der Waals surface area contributed by atoms with Crippen LogP contribution in [0.2, 0.25) is 0 Å². The highest BCUT2D eigenvalue weighted by Crippen LogP contribution is 2.40. The molecule has 1 aliphatic rings. The van der Waals surface area contributed by atoms with Crippen LogP contribution in [0.15, 0.2) is 39.5 Å². The van der Waals surface area contributed by atoms with Crippen LogP contribution in [0.3, 0.4) is 0 Å². The molecule has 1 aliphatic carbocycles. The Kier molecular flexibility index (Phi) is 4.98. The van der Waals surface area contributed by atoms with Crippen LogP contribution in [-0.4, -0.2) is 11.9 Å². The van der Waals surface area contributed by atoms with Crippen molar-refractivity contribution in [2.45, 2.75) is 58.9 Å². The molecular weight excluding hydrogens is 314 g/mol. The summed E-state index contributed by atoms with van der Waals surface area (Å²) in [6.45, 7) is 6.91. The van der Waals surface area contributed by atoms with E-state index >= 15 is 0 Å². The number of benzene rings is 1. The molecule has 4 nitrogen and oxygen atoms in total. The molecule has 4 heteroatoms. The molecule has 1 fully saturated rings. The SMILES string of the molecule is CCC(C)(C)C1CCC(NC(=O)c2cc(=O)c3ccccc3o2)CC1. The predicted molar refractivity (Wildman–Crippen MR) is 99.8 cm³/mol. The summed E-state index contributed by atoms with van der Waals surface area (Å²) in [5.41, 5.74) is 0.633. The Balaban J connectivity index is 1.67. The van der Waals surface area contributed by atoms with Crippen molar-refractivity contribution >= 4 is 16.9 Å². The molecule has 0 unspecified atom stereocenters. The molecule has 0 saturated heterocycles. The molecule has 25 heavy (non-hydrogen) atoms. The van der Waals surface area contributed by atoms with Crippen molar-refractivity contribution in [1.29, 1.82) is 0 Å². The average Bonchev–Trinajstić information content (AvgIpc) is 2.62. The summed E-state index contributed by atoms with van der Waals surface area (Å²) in [6.07, 6.45) is 5.41. The first kappa shape index (κ1) is 17.7. The van der Waals surface area contributed by atoms with E-state index in [0.29, 0.717) is 22.3 Å². The minimum Gasteiger partial charge on any atom is -0.451 e. The maximum absolute atomic E-state index is 12.5. The van der Waals surface area contributed by atoms with E-state index in [1.165, 1.54) is 12.5 Å². The molecule has 1 N–H and O–H groups in total. The van der Waals surface area contributed by atoms with Crippen molar-refractivity contribution < 1.29 is 9.21 Å². The van der Waals surface area contributed by atoms with Gasteiger partial charge >= 0.3 is 0 Å². The number of nitrogens with one attached hydrogen (secondary N) is 1. The molecule has 2 aromatic rings. The highest BCUT2D eigenvalue weighted by atomic mass is 16.3. The third kappa shape index (κ3) is 3.78. The summed E-state index contributed by atoms with van der Waals surface area (Å²) < 4.78 is 5.63. The van der Waals surface area contributed by atoms with Gasteiger partial charge in [-0.05, 0) is 49.1 Å². The van der Waals surface area contributed by atoms with Crippen molar-refractivity contribution in [1.82, 2.24) is 5.32 Å². The first-order valence-electron chi connectivity index (χ1n) is 9.24. The van der Waals surface area contributed by atoms with Gasteiger partial charge in [-0.15, -0.1) is 0 Å². The number of hydrogen-bond donors (Lipinski definition) is 1. The van der Waals surface area contributed by atoms with Crippen molar-refractivity contribution in [3.8, 4) is 0 Å². The zero-order chi connectivity index (χ0) is 18.0. The van der Waals surface area contributed by atoms with E-state index in [-0.39, 0.29) is 23.1 Å². The molecule has 0 radical (unpaired) electrons. The average molecular weight is 341 g/mol. The van der Waals surface area contributed by atoms with Crippen LogP contribution in [0.1, 0.15) is 63.4 Å². The van der Waals surface area contributed by atoms with Crippen LogP contribution >= 0.6 is 0 Å². The Hall–Kier alpha value is -2.10. The largest absolute Gasteiger partial charge is 0.451 e. The minimum absolute atomic E-state index is 0.0970. The molecule has 1 amide bonds. The van der Waals surface area contributed by atoms with Crippen LogP contribution in [0, 0.1) is 11.3 Å². The van der Waals surface area contributed by atoms with Crippen molar-refractivity contribution in [2.24, 2.45) is 11.3 Å². The van der Waals surface area contributed by atoms with Gasteiger partial charge in [0, 0.05) is 12.1 Å². The summed E-state index contributed by atoms with van der Waals surface area (Å²) in [6, 6.07) is 8.46. The maximum Gasteiger partial charge on any atom is 0.287 e. The summed E-state index contributed by atoms with van der Waals surface area (Å²) in [5.74, 6) is 0.519. The van der Waals surface area contributed by atoms with Crippen molar-refractivity contribution in [3.05, 3.63) is 46.3 Å². The number of carbonyl (C=O) groups excluding carboxylic acids is 1. The van der Waals surface area contributed by atoms with Crippen molar-refractivity contribution in [3.63, 3.8) is 0 Å². The molecule has 0 aliphatic heterocycles. The number of hydrogen-bond acceptors (Lipinski definition) is 3. The highest BCUT2D eigenvalue weighted by Gasteiger charge is 2.32. The van der Waals surface area contributed by atoms with Crippen LogP contribution in [0.4, 0.5) is 0 Å². The third-order valence-corrected chi connectivity index (χ3v) is 5.94. The molecule has 0 atom stereocenters. The standard InChI is InChI=1S/C21H27NO3/c1-4-21(2,3)14-9-11-15(12-10-14)22-20(24)19-13-17(23)16-7-5-6-8-18(16)25-19/h5-8,13-15H,4,9-12H2,1-3H3,(H,22,24). The molecule has 1 aromatic carbocycles. The molecular formula is C21H27NO3. The van der Waals surface area contributed by atoms with Gasteiger partial charge in [0.2, 0.25) is 0 Å². The van der Waals surface area contributed by atoms with Crippen LogP contribution in [0.5, 0.6) is 0 Å². The molecule has 0 bridgehead atoms. The molecule has 134 valence electrons. The minimum atomic E-state index is -0.291. The van der Waals surface area contributed by atoms with E-state index < -0.39 is 0 Å². The Morgan fingerprint density at radius 2 is 1.88 bits per heavy atom. The number of amides is 1. The first-order valence-corrected chi connectivity index (χ1v) is 9.24. The molecule has 1 saturated carbocycles. The van der Waals surface area contributed by atoms with E-state index in [9.17, 15) is 9.59 Å². The topological polar surface area (TPSA) is 59.3 Å². The molecule has 0 spiro atoms. The van der Waals surface area contributed by atoms with Crippen LogP contribution in [0.25, 0.3) is 11.0 Å². The van der Waals surface area contributed by atoms with E-state index in [1.54, 1.807) is 24.3 Å². The molecule has 1 aromatic heterocycles. The third-order valence-electron chi connectivity index (χ3n) is 5.94. The van der Waals surface area contributed by atoms with Crippen LogP contribution < -0.4 is 10.7 Å². The summed E-state index contributed by atoms with van der Waals surface area (Å²) in [7, 11) is 0. The normalized spacial score (nSPS) is 21.2. The fourth-order valence-corrected chi connectivity index (χ4v) is 3.78. The lowest BCUT2D eigenvalue weighted by molar-refractivity contribution is 0.0867. The van der Waals surface area contributed by atoms with Gasteiger partial charge in [0.25, 0.3) is 5.91 Å². The number of para-hydroxylation sites is 1. The van der Waals surface area contributed by atoms with Gasteiger partial charge in [0.15, 0.2) is 11.2 Å². The van der Waals surface area contributed by atoms with Crippen molar-refractivity contribution in [2.75, 3.05) is 0 Å². The first-order chi connectivity index (χ1) is 11.9. The summed E-state index contributed by atoms with van der Waals surface area (Å²) >= 11 is 0. The van der Waals surface area contributed by atoms with E-state index in [0.717, 1.165) is 25.7 Å². The van der Waals surface area contributed by atoms with E-state index in [1.807, 2.05) is 0 Å². The zero-order valence-electron chi connectivity index (χ0n) is 15.3. The fraction of sp³-hybridized carbons (Fsp3) is 0.524. The smallest absolute Gasteiger partial charge is 0.287 e. The number of fused-ring (bicyclic) bond motifs is 1. The van der Waals surface area contributed by atoms with Gasteiger partial charge in [0.1, 0.15) is 5.58 Å². The zero-order valence-corrected chi connectivity index (χ0v) is 15.3. The summed E-state index contributed by atoms with van der Waals surface area (Å²) in [4.78, 5) is 24.6.